The molecule has 0 spiro atoms. The van der Waals surface area contributed by atoms with Gasteiger partial charge in [0.25, 0.3) is 0 Å². The van der Waals surface area contributed by atoms with Gasteiger partial charge in [-0.1, -0.05) is 19.1 Å². The Morgan fingerprint density at radius 3 is 2.45 bits per heavy atom. The Balaban J connectivity index is 1.79. The lowest BCUT2D eigenvalue weighted by Crippen LogP contribution is -2.30. The van der Waals surface area contributed by atoms with Crippen LogP contribution in [-0.4, -0.2) is 23.1 Å². The molecule has 1 aromatic heterocycles. The van der Waals surface area contributed by atoms with E-state index in [1.54, 1.807) is 0 Å². The number of piperidine rings is 1. The lowest BCUT2D eigenvalue weighted by atomic mass is 10.1. The van der Waals surface area contributed by atoms with E-state index in [9.17, 15) is 0 Å². The topological polar surface area (TPSA) is 41.1 Å². The second kappa shape index (κ2) is 6.77. The predicted octanol–water partition coefficient (Wildman–Crippen LogP) is 4.08. The van der Waals surface area contributed by atoms with Gasteiger partial charge < -0.3 is 10.2 Å². The highest BCUT2D eigenvalue weighted by Crippen LogP contribution is 2.21. The van der Waals surface area contributed by atoms with Crippen molar-refractivity contribution in [2.75, 3.05) is 23.3 Å². The third-order valence-corrected chi connectivity index (χ3v) is 4.14. The number of anilines is 3. The van der Waals surface area contributed by atoms with Gasteiger partial charge in [-0.2, -0.15) is 4.98 Å². The number of nitrogens with zero attached hydrogens (tertiary/aromatic N) is 3. The van der Waals surface area contributed by atoms with Gasteiger partial charge in [0.05, 0.1) is 0 Å². The first-order valence-corrected chi connectivity index (χ1v) is 8.21. The molecule has 0 radical (unpaired) electrons. The van der Waals surface area contributed by atoms with Crippen LogP contribution in [0.15, 0.2) is 30.3 Å². The Morgan fingerprint density at radius 2 is 1.77 bits per heavy atom. The van der Waals surface area contributed by atoms with Gasteiger partial charge in [-0.15, -0.1) is 0 Å². The third kappa shape index (κ3) is 3.56. The quantitative estimate of drug-likeness (QED) is 0.923. The molecule has 1 aliphatic heterocycles. The van der Waals surface area contributed by atoms with Crippen LogP contribution in [0.4, 0.5) is 17.5 Å². The highest BCUT2D eigenvalue weighted by Gasteiger charge is 2.13. The molecule has 0 saturated carbocycles. The van der Waals surface area contributed by atoms with E-state index in [4.69, 9.17) is 4.98 Å². The first-order chi connectivity index (χ1) is 10.7. The lowest BCUT2D eigenvalue weighted by Gasteiger charge is -2.28. The third-order valence-electron chi connectivity index (χ3n) is 4.14. The van der Waals surface area contributed by atoms with Crippen molar-refractivity contribution in [3.05, 3.63) is 41.6 Å². The molecule has 116 valence electrons. The molecule has 1 saturated heterocycles. The van der Waals surface area contributed by atoms with Crippen molar-refractivity contribution in [3.8, 4) is 0 Å². The molecule has 1 aliphatic rings. The van der Waals surface area contributed by atoms with Crippen LogP contribution in [0, 0.1) is 6.92 Å². The highest BCUT2D eigenvalue weighted by molar-refractivity contribution is 5.56. The summed E-state index contributed by atoms with van der Waals surface area (Å²) in [5, 5.41) is 3.33. The van der Waals surface area contributed by atoms with Crippen LogP contribution in [0.2, 0.25) is 0 Å². The molecule has 0 amide bonds. The SMILES string of the molecule is CCc1ccc(Nc2nc(C)cc(N3CCCCC3)n2)cc1. The summed E-state index contributed by atoms with van der Waals surface area (Å²) in [6, 6.07) is 10.5. The molecule has 1 fully saturated rings. The maximum Gasteiger partial charge on any atom is 0.229 e. The minimum Gasteiger partial charge on any atom is -0.356 e. The van der Waals surface area contributed by atoms with E-state index in [-0.39, 0.29) is 0 Å². The van der Waals surface area contributed by atoms with Gasteiger partial charge in [0.15, 0.2) is 0 Å². The Labute approximate surface area is 132 Å². The Kier molecular flexibility index (Phi) is 4.56. The standard InChI is InChI=1S/C18H24N4/c1-3-15-7-9-16(10-8-15)20-18-19-14(2)13-17(21-18)22-11-5-4-6-12-22/h7-10,13H,3-6,11-12H2,1-2H3,(H,19,20,21). The summed E-state index contributed by atoms with van der Waals surface area (Å²) < 4.78 is 0. The molecular formula is C18H24N4. The van der Waals surface area contributed by atoms with Crippen LogP contribution < -0.4 is 10.2 Å². The first kappa shape index (κ1) is 14.8. The van der Waals surface area contributed by atoms with Gasteiger partial charge in [-0.25, -0.2) is 4.98 Å². The van der Waals surface area contributed by atoms with Crippen molar-refractivity contribution in [2.45, 2.75) is 39.5 Å². The second-order valence-electron chi connectivity index (χ2n) is 5.91. The van der Waals surface area contributed by atoms with E-state index in [1.165, 1.54) is 24.8 Å². The predicted molar refractivity (Wildman–Crippen MR) is 91.9 cm³/mol. The highest BCUT2D eigenvalue weighted by atomic mass is 15.2. The van der Waals surface area contributed by atoms with Gasteiger partial charge in [-0.3, -0.25) is 0 Å². The summed E-state index contributed by atoms with van der Waals surface area (Å²) >= 11 is 0. The molecule has 0 aliphatic carbocycles. The summed E-state index contributed by atoms with van der Waals surface area (Å²) in [5.74, 6) is 1.73. The van der Waals surface area contributed by atoms with Crippen LogP contribution in [0.1, 0.15) is 37.4 Å². The summed E-state index contributed by atoms with van der Waals surface area (Å²) in [6.07, 6.45) is 4.89. The van der Waals surface area contributed by atoms with Gasteiger partial charge in [0, 0.05) is 30.5 Å². The summed E-state index contributed by atoms with van der Waals surface area (Å²) in [6.45, 7) is 6.39. The normalized spacial score (nSPS) is 14.9. The number of aromatic nitrogens is 2. The fourth-order valence-electron chi connectivity index (χ4n) is 2.85. The summed E-state index contributed by atoms with van der Waals surface area (Å²) in [4.78, 5) is 11.6. The Bertz CT molecular complexity index is 615. The zero-order chi connectivity index (χ0) is 15.4. The van der Waals surface area contributed by atoms with Gasteiger partial charge >= 0.3 is 0 Å². The van der Waals surface area contributed by atoms with Crippen molar-refractivity contribution in [2.24, 2.45) is 0 Å². The second-order valence-corrected chi connectivity index (χ2v) is 5.91. The molecular weight excluding hydrogens is 272 g/mol. The fraction of sp³-hybridized carbons (Fsp3) is 0.444. The van der Waals surface area contributed by atoms with E-state index in [0.717, 1.165) is 36.7 Å². The number of hydrogen-bond acceptors (Lipinski definition) is 4. The zero-order valence-corrected chi connectivity index (χ0v) is 13.5. The largest absolute Gasteiger partial charge is 0.356 e. The average Bonchev–Trinajstić information content (AvgIpc) is 2.56. The zero-order valence-electron chi connectivity index (χ0n) is 13.5. The van der Waals surface area contributed by atoms with Crippen LogP contribution in [-0.2, 0) is 6.42 Å². The Hall–Kier alpha value is -2.10. The van der Waals surface area contributed by atoms with Crippen molar-refractivity contribution in [1.82, 2.24) is 9.97 Å². The molecule has 4 nitrogen and oxygen atoms in total. The summed E-state index contributed by atoms with van der Waals surface area (Å²) in [5.41, 5.74) is 3.38. The maximum atomic E-state index is 4.70. The first-order valence-electron chi connectivity index (χ1n) is 8.21. The molecule has 2 aromatic rings. The van der Waals surface area contributed by atoms with Crippen molar-refractivity contribution >= 4 is 17.5 Å². The lowest BCUT2D eigenvalue weighted by molar-refractivity contribution is 0.573. The molecule has 22 heavy (non-hydrogen) atoms. The minimum atomic E-state index is 0.685. The van der Waals surface area contributed by atoms with Crippen LogP contribution in [0.3, 0.4) is 0 Å². The molecule has 0 unspecified atom stereocenters. The van der Waals surface area contributed by atoms with Gasteiger partial charge in [0.2, 0.25) is 5.95 Å². The van der Waals surface area contributed by atoms with Gasteiger partial charge in [0.1, 0.15) is 5.82 Å². The minimum absolute atomic E-state index is 0.685. The fourth-order valence-corrected chi connectivity index (χ4v) is 2.85. The number of benzene rings is 1. The smallest absolute Gasteiger partial charge is 0.229 e. The average molecular weight is 296 g/mol. The monoisotopic (exact) mass is 296 g/mol. The molecule has 1 N–H and O–H groups in total. The van der Waals surface area contributed by atoms with Crippen molar-refractivity contribution < 1.29 is 0 Å². The number of rotatable bonds is 4. The van der Waals surface area contributed by atoms with Gasteiger partial charge in [-0.05, 0) is 50.3 Å². The van der Waals surface area contributed by atoms with E-state index < -0.39 is 0 Å². The van der Waals surface area contributed by atoms with Crippen LogP contribution in [0.25, 0.3) is 0 Å². The molecule has 4 heteroatoms. The van der Waals surface area contributed by atoms with E-state index in [1.807, 2.05) is 6.92 Å². The molecule has 0 bridgehead atoms. The number of nitrogens with one attached hydrogen (secondary N) is 1. The maximum absolute atomic E-state index is 4.70. The van der Waals surface area contributed by atoms with Crippen molar-refractivity contribution in [3.63, 3.8) is 0 Å². The van der Waals surface area contributed by atoms with Crippen LogP contribution in [0.5, 0.6) is 0 Å². The van der Waals surface area contributed by atoms with Crippen molar-refractivity contribution in [1.29, 1.82) is 0 Å². The number of hydrogen-bond donors (Lipinski definition) is 1. The van der Waals surface area contributed by atoms with Crippen LogP contribution >= 0.6 is 0 Å². The van der Waals surface area contributed by atoms with E-state index in [2.05, 4.69) is 52.5 Å². The van der Waals surface area contributed by atoms with E-state index in [0.29, 0.717) is 5.95 Å². The Morgan fingerprint density at radius 1 is 1.05 bits per heavy atom. The molecule has 0 atom stereocenters. The summed E-state index contributed by atoms with van der Waals surface area (Å²) in [7, 11) is 0. The van der Waals surface area contributed by atoms with E-state index >= 15 is 0 Å². The number of aryl methyl sites for hydroxylation is 2. The molecule has 1 aromatic carbocycles. The molecule has 2 heterocycles. The molecule has 3 rings (SSSR count).